The number of hydrogen-bond acceptors (Lipinski definition) is 7. The summed E-state index contributed by atoms with van der Waals surface area (Å²) in [5.74, 6) is 0.988. The Hall–Kier alpha value is -2.00. The lowest BCUT2D eigenvalue weighted by Crippen LogP contribution is -2.46. The number of aromatic nitrogens is 3. The van der Waals surface area contributed by atoms with Crippen molar-refractivity contribution in [2.75, 3.05) is 50.7 Å². The summed E-state index contributed by atoms with van der Waals surface area (Å²) >= 11 is 1.39. The van der Waals surface area contributed by atoms with Crippen LogP contribution in [0.4, 0.5) is 5.13 Å². The monoisotopic (exact) mass is 418 g/mol. The fraction of sp³-hybridized carbons (Fsp3) is 0.700. The molecule has 2 aliphatic rings. The molecule has 2 aromatic rings. The molecule has 2 aliphatic heterocycles. The van der Waals surface area contributed by atoms with Gasteiger partial charge in [0, 0.05) is 39.3 Å². The molecule has 9 heteroatoms. The van der Waals surface area contributed by atoms with Crippen LogP contribution in [-0.4, -0.2) is 76.1 Å². The molecule has 4 rings (SSSR count). The van der Waals surface area contributed by atoms with Crippen molar-refractivity contribution < 1.29 is 4.79 Å². The van der Waals surface area contributed by atoms with E-state index in [-0.39, 0.29) is 18.0 Å². The van der Waals surface area contributed by atoms with E-state index < -0.39 is 0 Å². The van der Waals surface area contributed by atoms with E-state index in [1.165, 1.54) is 22.2 Å². The van der Waals surface area contributed by atoms with Crippen LogP contribution in [0, 0.1) is 11.8 Å². The highest BCUT2D eigenvalue weighted by Crippen LogP contribution is 2.26. The second kappa shape index (κ2) is 8.39. The van der Waals surface area contributed by atoms with Gasteiger partial charge in [-0.3, -0.25) is 14.2 Å². The van der Waals surface area contributed by atoms with Crippen molar-refractivity contribution in [3.05, 3.63) is 16.7 Å². The molecule has 0 bridgehead atoms. The first-order valence-corrected chi connectivity index (χ1v) is 11.4. The number of anilines is 1. The van der Waals surface area contributed by atoms with E-state index in [0.29, 0.717) is 22.2 Å². The van der Waals surface area contributed by atoms with Crippen molar-refractivity contribution in [3.63, 3.8) is 0 Å². The Kier molecular flexibility index (Phi) is 5.87. The van der Waals surface area contributed by atoms with Gasteiger partial charge in [-0.25, -0.2) is 4.98 Å². The van der Waals surface area contributed by atoms with Crippen LogP contribution in [0.15, 0.2) is 11.1 Å². The van der Waals surface area contributed by atoms with Gasteiger partial charge >= 0.3 is 0 Å². The van der Waals surface area contributed by atoms with Gasteiger partial charge in [-0.05, 0) is 24.8 Å². The molecule has 2 unspecified atom stereocenters. The van der Waals surface area contributed by atoms with E-state index in [4.69, 9.17) is 0 Å². The summed E-state index contributed by atoms with van der Waals surface area (Å²) in [5, 5.41) is 0.850. The first kappa shape index (κ1) is 20.3. The van der Waals surface area contributed by atoms with Crippen LogP contribution in [0.5, 0.6) is 0 Å². The van der Waals surface area contributed by atoms with E-state index in [1.807, 2.05) is 4.90 Å². The van der Waals surface area contributed by atoms with Crippen LogP contribution in [0.25, 0.3) is 10.3 Å². The first-order chi connectivity index (χ1) is 13.9. The zero-order chi connectivity index (χ0) is 20.5. The lowest BCUT2D eigenvalue weighted by Gasteiger charge is -2.35. The number of likely N-dealkylation sites (tertiary alicyclic amines) is 1. The highest BCUT2D eigenvalue weighted by Gasteiger charge is 2.26. The SMILES string of the molecule is CCN1CCN(c2nc3ncn(CC(=O)N4CC(C)CC(C)C4)c(=O)c3s2)CC1. The number of rotatable bonds is 4. The molecule has 0 aromatic carbocycles. The van der Waals surface area contributed by atoms with Gasteiger partial charge in [0.05, 0.1) is 0 Å². The maximum Gasteiger partial charge on any atom is 0.273 e. The number of amides is 1. The van der Waals surface area contributed by atoms with Crippen molar-refractivity contribution in [1.29, 1.82) is 0 Å². The van der Waals surface area contributed by atoms with Gasteiger partial charge in [0.25, 0.3) is 5.56 Å². The predicted molar refractivity (Wildman–Crippen MR) is 116 cm³/mol. The Morgan fingerprint density at radius 1 is 1.17 bits per heavy atom. The molecule has 2 atom stereocenters. The molecule has 1 amide bonds. The molecule has 8 nitrogen and oxygen atoms in total. The van der Waals surface area contributed by atoms with Crippen LogP contribution < -0.4 is 10.5 Å². The maximum absolute atomic E-state index is 13.0. The predicted octanol–water partition coefficient (Wildman–Crippen LogP) is 1.50. The highest BCUT2D eigenvalue weighted by atomic mass is 32.1. The highest BCUT2D eigenvalue weighted by molar-refractivity contribution is 7.22. The zero-order valence-electron chi connectivity index (χ0n) is 17.5. The van der Waals surface area contributed by atoms with Crippen molar-refractivity contribution in [2.24, 2.45) is 11.8 Å². The molecule has 0 aliphatic carbocycles. The normalized spacial score (nSPS) is 23.7. The van der Waals surface area contributed by atoms with Crippen molar-refractivity contribution in [1.82, 2.24) is 24.3 Å². The van der Waals surface area contributed by atoms with E-state index in [9.17, 15) is 9.59 Å². The summed E-state index contributed by atoms with van der Waals surface area (Å²) in [5.41, 5.74) is 0.314. The van der Waals surface area contributed by atoms with Crippen molar-refractivity contribution in [3.8, 4) is 0 Å². The Morgan fingerprint density at radius 3 is 2.52 bits per heavy atom. The number of piperidine rings is 1. The molecular weight excluding hydrogens is 388 g/mol. The van der Waals surface area contributed by atoms with Gasteiger partial charge in [-0.15, -0.1) is 0 Å². The number of fused-ring (bicyclic) bond motifs is 1. The fourth-order valence-electron chi connectivity index (χ4n) is 4.45. The first-order valence-electron chi connectivity index (χ1n) is 10.6. The number of likely N-dealkylation sites (N-methyl/N-ethyl adjacent to an activating group) is 1. The van der Waals surface area contributed by atoms with Crippen LogP contribution in [0.3, 0.4) is 0 Å². The zero-order valence-corrected chi connectivity index (χ0v) is 18.3. The summed E-state index contributed by atoms with van der Waals surface area (Å²) in [6.45, 7) is 13.0. The lowest BCUT2D eigenvalue weighted by atomic mass is 9.92. The summed E-state index contributed by atoms with van der Waals surface area (Å²) < 4.78 is 1.97. The van der Waals surface area contributed by atoms with Gasteiger partial charge < -0.3 is 14.7 Å². The molecule has 0 saturated carbocycles. The lowest BCUT2D eigenvalue weighted by molar-refractivity contribution is -0.134. The fourth-order valence-corrected chi connectivity index (χ4v) is 5.47. The Bertz CT molecular complexity index is 923. The molecule has 2 saturated heterocycles. The smallest absolute Gasteiger partial charge is 0.273 e. The third kappa shape index (κ3) is 4.30. The van der Waals surface area contributed by atoms with Crippen molar-refractivity contribution >= 4 is 32.7 Å². The second-order valence-corrected chi connectivity index (χ2v) is 9.47. The minimum absolute atomic E-state index is 0.00734. The third-order valence-corrected chi connectivity index (χ3v) is 7.08. The minimum atomic E-state index is -0.169. The molecule has 0 N–H and O–H groups in total. The van der Waals surface area contributed by atoms with Crippen molar-refractivity contribution in [2.45, 2.75) is 33.7 Å². The number of thiazole rings is 1. The summed E-state index contributed by atoms with van der Waals surface area (Å²) in [4.78, 5) is 41.2. The number of carbonyl (C=O) groups excluding carboxylic acids is 1. The minimum Gasteiger partial charge on any atom is -0.345 e. The van der Waals surface area contributed by atoms with Gasteiger partial charge in [-0.1, -0.05) is 32.1 Å². The quantitative estimate of drug-likeness (QED) is 0.749. The maximum atomic E-state index is 13.0. The summed E-state index contributed by atoms with van der Waals surface area (Å²) in [6.07, 6.45) is 2.62. The molecule has 0 spiro atoms. The largest absolute Gasteiger partial charge is 0.345 e. The third-order valence-electron chi connectivity index (χ3n) is 5.99. The molecule has 158 valence electrons. The Balaban J connectivity index is 1.50. The van der Waals surface area contributed by atoms with Crippen LogP contribution in [0.1, 0.15) is 27.2 Å². The topological polar surface area (TPSA) is 74.6 Å². The Labute approximate surface area is 175 Å². The standard InChI is InChI=1S/C20H30N6O2S/c1-4-23-5-7-24(8-6-23)20-22-18-17(29-20)19(28)26(13-21-18)12-16(27)25-10-14(2)9-15(3)11-25/h13-15H,4-12H2,1-3H3. The summed E-state index contributed by atoms with van der Waals surface area (Å²) in [7, 11) is 0. The second-order valence-electron chi connectivity index (χ2n) is 8.49. The number of hydrogen-bond donors (Lipinski definition) is 0. The van der Waals surface area contributed by atoms with Gasteiger partial charge in [0.1, 0.15) is 17.6 Å². The van der Waals surface area contributed by atoms with E-state index in [1.54, 1.807) is 0 Å². The molecular formula is C20H30N6O2S. The Morgan fingerprint density at radius 2 is 1.86 bits per heavy atom. The van der Waals surface area contributed by atoms with Gasteiger partial charge in [-0.2, -0.15) is 4.98 Å². The van der Waals surface area contributed by atoms with Crippen LogP contribution >= 0.6 is 11.3 Å². The number of nitrogens with zero attached hydrogens (tertiary/aromatic N) is 6. The van der Waals surface area contributed by atoms with E-state index in [2.05, 4.69) is 40.5 Å². The van der Waals surface area contributed by atoms with E-state index >= 15 is 0 Å². The van der Waals surface area contributed by atoms with Crippen LogP contribution in [-0.2, 0) is 11.3 Å². The molecule has 0 radical (unpaired) electrons. The molecule has 4 heterocycles. The molecule has 29 heavy (non-hydrogen) atoms. The van der Waals surface area contributed by atoms with Crippen LogP contribution in [0.2, 0.25) is 0 Å². The average Bonchev–Trinajstić information content (AvgIpc) is 3.14. The average molecular weight is 419 g/mol. The summed E-state index contributed by atoms with van der Waals surface area (Å²) in [6, 6.07) is 0. The molecule has 2 fully saturated rings. The van der Waals surface area contributed by atoms with Gasteiger partial charge in [0.2, 0.25) is 5.91 Å². The van der Waals surface area contributed by atoms with E-state index in [0.717, 1.165) is 57.4 Å². The number of piperazine rings is 1. The van der Waals surface area contributed by atoms with Gasteiger partial charge in [0.15, 0.2) is 10.8 Å². The molecule has 2 aromatic heterocycles. The number of carbonyl (C=O) groups is 1.